The van der Waals surface area contributed by atoms with E-state index >= 15 is 0 Å². The monoisotopic (exact) mass is 323 g/mol. The third kappa shape index (κ3) is 3.11. The molecule has 0 bridgehead atoms. The normalized spacial score (nSPS) is 10.8. The van der Waals surface area contributed by atoms with Crippen molar-refractivity contribution in [1.82, 2.24) is 9.55 Å². The third-order valence-electron chi connectivity index (χ3n) is 4.18. The van der Waals surface area contributed by atoms with Crippen LogP contribution in [-0.4, -0.2) is 22.6 Å². The van der Waals surface area contributed by atoms with Crippen molar-refractivity contribution in [2.75, 3.05) is 12.4 Å². The van der Waals surface area contributed by atoms with Crippen molar-refractivity contribution in [3.05, 3.63) is 53.3 Å². The second-order valence-corrected chi connectivity index (χ2v) is 6.05. The van der Waals surface area contributed by atoms with Gasteiger partial charge in [-0.1, -0.05) is 6.07 Å². The third-order valence-corrected chi connectivity index (χ3v) is 4.18. The Morgan fingerprint density at radius 2 is 1.92 bits per heavy atom. The van der Waals surface area contributed by atoms with Crippen LogP contribution in [-0.2, 0) is 11.3 Å². The Morgan fingerprint density at radius 3 is 2.67 bits per heavy atom. The number of rotatable bonds is 4. The van der Waals surface area contributed by atoms with Gasteiger partial charge < -0.3 is 14.6 Å². The molecule has 0 spiro atoms. The van der Waals surface area contributed by atoms with Gasteiger partial charge in [0.2, 0.25) is 5.91 Å². The summed E-state index contributed by atoms with van der Waals surface area (Å²) in [7, 11) is 1.59. The van der Waals surface area contributed by atoms with Crippen molar-refractivity contribution in [2.45, 2.75) is 27.3 Å². The van der Waals surface area contributed by atoms with E-state index in [0.717, 1.165) is 16.6 Å². The average molecular weight is 323 g/mol. The molecule has 5 heteroatoms. The number of aryl methyl sites for hydroxylation is 3. The molecule has 0 aliphatic carbocycles. The van der Waals surface area contributed by atoms with Crippen LogP contribution in [0.5, 0.6) is 5.75 Å². The topological polar surface area (TPSA) is 56.1 Å². The first-order chi connectivity index (χ1) is 11.5. The van der Waals surface area contributed by atoms with Crippen molar-refractivity contribution in [3.63, 3.8) is 0 Å². The molecule has 3 aromatic rings. The quantitative estimate of drug-likeness (QED) is 0.798. The van der Waals surface area contributed by atoms with E-state index in [0.29, 0.717) is 11.4 Å². The van der Waals surface area contributed by atoms with Crippen LogP contribution in [0.2, 0.25) is 0 Å². The molecule has 2 aromatic carbocycles. The van der Waals surface area contributed by atoms with Gasteiger partial charge in [0, 0.05) is 0 Å². The predicted octanol–water partition coefficient (Wildman–Crippen LogP) is 3.61. The Balaban J connectivity index is 1.83. The fourth-order valence-corrected chi connectivity index (χ4v) is 2.70. The van der Waals surface area contributed by atoms with Crippen molar-refractivity contribution in [3.8, 4) is 5.75 Å². The van der Waals surface area contributed by atoms with E-state index in [1.54, 1.807) is 13.4 Å². The SMILES string of the molecule is COc1ccc(C)cc1NC(=O)Cn1cnc2cc(C)c(C)cc21. The molecular formula is C19H21N3O2. The minimum Gasteiger partial charge on any atom is -0.495 e. The van der Waals surface area contributed by atoms with Crippen LogP contribution >= 0.6 is 0 Å². The number of aromatic nitrogens is 2. The molecule has 3 rings (SSSR count). The molecule has 1 N–H and O–H groups in total. The smallest absolute Gasteiger partial charge is 0.244 e. The number of anilines is 1. The lowest BCUT2D eigenvalue weighted by Gasteiger charge is -2.12. The highest BCUT2D eigenvalue weighted by molar-refractivity contribution is 5.93. The molecule has 0 radical (unpaired) electrons. The largest absolute Gasteiger partial charge is 0.495 e. The van der Waals surface area contributed by atoms with E-state index < -0.39 is 0 Å². The van der Waals surface area contributed by atoms with Gasteiger partial charge in [0.1, 0.15) is 12.3 Å². The first kappa shape index (κ1) is 16.1. The van der Waals surface area contributed by atoms with Crippen molar-refractivity contribution in [2.24, 2.45) is 0 Å². The number of amides is 1. The Kier molecular flexibility index (Phi) is 4.25. The minimum absolute atomic E-state index is 0.114. The lowest BCUT2D eigenvalue weighted by Crippen LogP contribution is -2.18. The molecule has 0 saturated carbocycles. The van der Waals surface area contributed by atoms with Crippen LogP contribution in [0, 0.1) is 20.8 Å². The number of nitrogens with one attached hydrogen (secondary N) is 1. The second kappa shape index (κ2) is 6.35. The van der Waals surface area contributed by atoms with Gasteiger partial charge >= 0.3 is 0 Å². The molecule has 5 nitrogen and oxygen atoms in total. The van der Waals surface area contributed by atoms with E-state index in [-0.39, 0.29) is 12.5 Å². The van der Waals surface area contributed by atoms with Crippen LogP contribution < -0.4 is 10.1 Å². The van der Waals surface area contributed by atoms with Crippen molar-refractivity contribution >= 4 is 22.6 Å². The summed E-state index contributed by atoms with van der Waals surface area (Å²) < 4.78 is 7.16. The van der Waals surface area contributed by atoms with Crippen LogP contribution in [0.15, 0.2) is 36.7 Å². The van der Waals surface area contributed by atoms with Gasteiger partial charge in [0.15, 0.2) is 0 Å². The van der Waals surface area contributed by atoms with E-state index in [4.69, 9.17) is 4.74 Å². The average Bonchev–Trinajstić information content (AvgIpc) is 2.90. The Hall–Kier alpha value is -2.82. The maximum Gasteiger partial charge on any atom is 0.244 e. The molecular weight excluding hydrogens is 302 g/mol. The zero-order valence-electron chi connectivity index (χ0n) is 14.4. The van der Waals surface area contributed by atoms with Crippen LogP contribution in [0.1, 0.15) is 16.7 Å². The van der Waals surface area contributed by atoms with Gasteiger partial charge in [-0.15, -0.1) is 0 Å². The number of imidazole rings is 1. The standard InChI is InChI=1S/C19H21N3O2/c1-12-5-6-18(24-4)16(7-12)21-19(23)10-22-11-20-15-8-13(2)14(3)9-17(15)22/h5-9,11H,10H2,1-4H3,(H,21,23). The Bertz CT molecular complexity index is 912. The zero-order valence-corrected chi connectivity index (χ0v) is 14.4. The van der Waals surface area contributed by atoms with Crippen LogP contribution in [0.3, 0.4) is 0 Å². The second-order valence-electron chi connectivity index (χ2n) is 6.05. The number of carbonyl (C=O) groups excluding carboxylic acids is 1. The van der Waals surface area contributed by atoms with E-state index in [1.807, 2.05) is 35.8 Å². The molecule has 1 aromatic heterocycles. The molecule has 24 heavy (non-hydrogen) atoms. The summed E-state index contributed by atoms with van der Waals surface area (Å²) in [6.45, 7) is 6.30. The molecule has 0 saturated heterocycles. The summed E-state index contributed by atoms with van der Waals surface area (Å²) in [6, 6.07) is 9.81. The summed E-state index contributed by atoms with van der Waals surface area (Å²) in [4.78, 5) is 16.8. The zero-order chi connectivity index (χ0) is 17.3. The maximum atomic E-state index is 12.4. The molecule has 0 atom stereocenters. The summed E-state index contributed by atoms with van der Waals surface area (Å²) in [5, 5.41) is 2.92. The van der Waals surface area contributed by atoms with Crippen molar-refractivity contribution < 1.29 is 9.53 Å². The Morgan fingerprint density at radius 1 is 1.17 bits per heavy atom. The molecule has 0 unspecified atom stereocenters. The molecule has 0 aliphatic heterocycles. The summed E-state index contributed by atoms with van der Waals surface area (Å²) >= 11 is 0. The number of hydrogen-bond donors (Lipinski definition) is 1. The minimum atomic E-state index is -0.114. The number of methoxy groups -OCH3 is 1. The van der Waals surface area contributed by atoms with Crippen molar-refractivity contribution in [1.29, 1.82) is 0 Å². The van der Waals surface area contributed by atoms with E-state index in [9.17, 15) is 4.79 Å². The van der Waals surface area contributed by atoms with Gasteiger partial charge in [-0.2, -0.15) is 0 Å². The van der Waals surface area contributed by atoms with Crippen LogP contribution in [0.25, 0.3) is 11.0 Å². The summed E-state index contributed by atoms with van der Waals surface area (Å²) in [5.74, 6) is 0.535. The predicted molar refractivity (Wildman–Crippen MR) is 95.6 cm³/mol. The fourth-order valence-electron chi connectivity index (χ4n) is 2.70. The molecule has 1 amide bonds. The maximum absolute atomic E-state index is 12.4. The van der Waals surface area contributed by atoms with Crippen LogP contribution in [0.4, 0.5) is 5.69 Å². The first-order valence-electron chi connectivity index (χ1n) is 7.84. The first-order valence-corrected chi connectivity index (χ1v) is 7.84. The molecule has 0 fully saturated rings. The molecule has 1 heterocycles. The number of ether oxygens (including phenoxy) is 1. The van der Waals surface area contributed by atoms with Gasteiger partial charge in [-0.25, -0.2) is 4.98 Å². The fraction of sp³-hybridized carbons (Fsp3) is 0.263. The number of fused-ring (bicyclic) bond motifs is 1. The van der Waals surface area contributed by atoms with Gasteiger partial charge in [-0.05, 0) is 61.7 Å². The highest BCUT2D eigenvalue weighted by Gasteiger charge is 2.11. The van der Waals surface area contributed by atoms with E-state index in [1.165, 1.54) is 11.1 Å². The van der Waals surface area contributed by atoms with Gasteiger partial charge in [0.05, 0.1) is 30.2 Å². The number of benzene rings is 2. The lowest BCUT2D eigenvalue weighted by molar-refractivity contribution is -0.116. The Labute approximate surface area is 141 Å². The summed E-state index contributed by atoms with van der Waals surface area (Å²) in [5.41, 5.74) is 5.99. The highest BCUT2D eigenvalue weighted by Crippen LogP contribution is 2.25. The van der Waals surface area contributed by atoms with Gasteiger partial charge in [-0.3, -0.25) is 4.79 Å². The summed E-state index contributed by atoms with van der Waals surface area (Å²) in [6.07, 6.45) is 1.70. The highest BCUT2D eigenvalue weighted by atomic mass is 16.5. The van der Waals surface area contributed by atoms with Gasteiger partial charge in [0.25, 0.3) is 0 Å². The number of nitrogens with zero attached hydrogens (tertiary/aromatic N) is 2. The molecule has 0 aliphatic rings. The van der Waals surface area contributed by atoms with E-state index in [2.05, 4.69) is 30.2 Å². The lowest BCUT2D eigenvalue weighted by atomic mass is 10.1. The number of hydrogen-bond acceptors (Lipinski definition) is 3. The number of carbonyl (C=O) groups is 1. The molecule has 124 valence electrons.